The standard InChI is InChI=1S/C10H23N3O4/c1-8(14)4-11-6-10(3,13(16)17)7-12-5-9(2)15/h8-9,11-12,14-15H,4-7H2,1-3H3. The van der Waals surface area contributed by atoms with Crippen LogP contribution >= 0.6 is 0 Å². The minimum atomic E-state index is -1.15. The van der Waals surface area contributed by atoms with Gasteiger partial charge in [-0.15, -0.1) is 0 Å². The van der Waals surface area contributed by atoms with Crippen molar-refractivity contribution in [2.45, 2.75) is 38.5 Å². The molecule has 0 amide bonds. The Bertz CT molecular complexity index is 220. The molecule has 0 radical (unpaired) electrons. The summed E-state index contributed by atoms with van der Waals surface area (Å²) >= 11 is 0. The van der Waals surface area contributed by atoms with Crippen LogP contribution in [0.3, 0.4) is 0 Å². The Balaban J connectivity index is 4.12. The topological polar surface area (TPSA) is 108 Å². The SMILES string of the molecule is CC(O)CNCC(C)(CNCC(C)O)[N+](=O)[O-]. The molecule has 0 fully saturated rings. The molecule has 2 unspecified atom stereocenters. The molecule has 0 aliphatic heterocycles. The lowest BCUT2D eigenvalue weighted by Gasteiger charge is -2.22. The third kappa shape index (κ3) is 7.22. The highest BCUT2D eigenvalue weighted by Gasteiger charge is 2.36. The van der Waals surface area contributed by atoms with Crippen LogP contribution < -0.4 is 10.6 Å². The van der Waals surface area contributed by atoms with E-state index >= 15 is 0 Å². The fourth-order valence-corrected chi connectivity index (χ4v) is 1.29. The number of aliphatic hydroxyl groups excluding tert-OH is 2. The second-order valence-electron chi connectivity index (χ2n) is 4.71. The third-order valence-electron chi connectivity index (χ3n) is 2.33. The molecule has 0 saturated heterocycles. The first-order chi connectivity index (χ1) is 7.78. The Morgan fingerprint density at radius 1 is 1.18 bits per heavy atom. The van der Waals surface area contributed by atoms with Crippen LogP contribution in [0.2, 0.25) is 0 Å². The average molecular weight is 249 g/mol. The van der Waals surface area contributed by atoms with Gasteiger partial charge in [0.1, 0.15) is 0 Å². The summed E-state index contributed by atoms with van der Waals surface area (Å²) in [5, 5.41) is 34.8. The van der Waals surface area contributed by atoms with E-state index < -0.39 is 17.7 Å². The van der Waals surface area contributed by atoms with E-state index in [1.807, 2.05) is 0 Å². The van der Waals surface area contributed by atoms with Gasteiger partial charge in [-0.1, -0.05) is 0 Å². The van der Waals surface area contributed by atoms with E-state index in [1.165, 1.54) is 6.92 Å². The molecular weight excluding hydrogens is 226 g/mol. The van der Waals surface area contributed by atoms with Crippen LogP contribution in [0, 0.1) is 10.1 Å². The van der Waals surface area contributed by atoms with Gasteiger partial charge < -0.3 is 20.8 Å². The minimum Gasteiger partial charge on any atom is -0.392 e. The Labute approximate surface area is 101 Å². The van der Waals surface area contributed by atoms with Crippen molar-refractivity contribution in [1.82, 2.24) is 10.6 Å². The van der Waals surface area contributed by atoms with Crippen molar-refractivity contribution in [2.24, 2.45) is 0 Å². The number of hydrogen-bond acceptors (Lipinski definition) is 6. The zero-order valence-electron chi connectivity index (χ0n) is 10.6. The van der Waals surface area contributed by atoms with E-state index in [9.17, 15) is 10.1 Å². The fourth-order valence-electron chi connectivity index (χ4n) is 1.29. The molecule has 0 spiro atoms. The normalized spacial score (nSPS) is 18.4. The Hall–Kier alpha value is -0.760. The summed E-state index contributed by atoms with van der Waals surface area (Å²) < 4.78 is 0. The highest BCUT2D eigenvalue weighted by atomic mass is 16.6. The molecule has 0 aromatic carbocycles. The number of rotatable bonds is 9. The van der Waals surface area contributed by atoms with E-state index in [0.717, 1.165) is 0 Å². The van der Waals surface area contributed by atoms with Gasteiger partial charge >= 0.3 is 0 Å². The maximum Gasteiger partial charge on any atom is 0.243 e. The Morgan fingerprint density at radius 3 is 1.76 bits per heavy atom. The second kappa shape index (κ2) is 7.54. The molecule has 102 valence electrons. The molecule has 0 aliphatic carbocycles. The van der Waals surface area contributed by atoms with Crippen molar-refractivity contribution in [2.75, 3.05) is 26.2 Å². The Kier molecular flexibility index (Phi) is 7.21. The van der Waals surface area contributed by atoms with Crippen molar-refractivity contribution in [3.05, 3.63) is 10.1 Å². The lowest BCUT2D eigenvalue weighted by Crippen LogP contribution is -2.53. The van der Waals surface area contributed by atoms with Crippen LogP contribution in [-0.4, -0.2) is 59.1 Å². The number of aliphatic hydroxyl groups is 2. The van der Waals surface area contributed by atoms with Crippen LogP contribution in [0.25, 0.3) is 0 Å². The van der Waals surface area contributed by atoms with Gasteiger partial charge in [0, 0.05) is 24.9 Å². The van der Waals surface area contributed by atoms with Gasteiger partial charge in [0.05, 0.1) is 25.3 Å². The Morgan fingerprint density at radius 2 is 1.53 bits per heavy atom. The molecule has 0 aromatic heterocycles. The van der Waals surface area contributed by atoms with E-state index in [4.69, 9.17) is 10.2 Å². The summed E-state index contributed by atoms with van der Waals surface area (Å²) in [5.41, 5.74) is -1.15. The molecule has 0 aromatic rings. The highest BCUT2D eigenvalue weighted by Crippen LogP contribution is 2.06. The van der Waals surface area contributed by atoms with Gasteiger partial charge in [0.15, 0.2) is 0 Å². The lowest BCUT2D eigenvalue weighted by molar-refractivity contribution is -0.560. The number of nitro groups is 1. The quantitative estimate of drug-likeness (QED) is 0.307. The summed E-state index contributed by atoms with van der Waals surface area (Å²) in [5.74, 6) is 0. The smallest absolute Gasteiger partial charge is 0.243 e. The molecule has 7 nitrogen and oxygen atoms in total. The van der Waals surface area contributed by atoms with Crippen molar-refractivity contribution in [3.63, 3.8) is 0 Å². The summed E-state index contributed by atoms with van der Waals surface area (Å²) in [6, 6.07) is 0. The minimum absolute atomic E-state index is 0.164. The summed E-state index contributed by atoms with van der Waals surface area (Å²) in [6.07, 6.45) is -1.06. The average Bonchev–Trinajstić information content (AvgIpc) is 2.16. The highest BCUT2D eigenvalue weighted by molar-refractivity contribution is 4.80. The summed E-state index contributed by atoms with van der Waals surface area (Å²) in [7, 11) is 0. The molecule has 0 aliphatic rings. The van der Waals surface area contributed by atoms with Gasteiger partial charge in [-0.05, 0) is 13.8 Å². The van der Waals surface area contributed by atoms with Gasteiger partial charge in [0.25, 0.3) is 0 Å². The van der Waals surface area contributed by atoms with Crippen molar-refractivity contribution in [1.29, 1.82) is 0 Å². The van der Waals surface area contributed by atoms with Crippen molar-refractivity contribution in [3.8, 4) is 0 Å². The summed E-state index contributed by atoms with van der Waals surface area (Å²) in [4.78, 5) is 10.6. The van der Waals surface area contributed by atoms with Crippen molar-refractivity contribution < 1.29 is 15.1 Å². The number of hydrogen-bond donors (Lipinski definition) is 4. The first kappa shape index (κ1) is 16.2. The molecule has 2 atom stereocenters. The van der Waals surface area contributed by atoms with Crippen LogP contribution in [0.5, 0.6) is 0 Å². The van der Waals surface area contributed by atoms with Crippen molar-refractivity contribution >= 4 is 0 Å². The van der Waals surface area contributed by atoms with Crippen LogP contribution in [-0.2, 0) is 0 Å². The van der Waals surface area contributed by atoms with E-state index in [-0.39, 0.29) is 18.0 Å². The van der Waals surface area contributed by atoms with Gasteiger partial charge in [-0.25, -0.2) is 0 Å². The second-order valence-corrected chi connectivity index (χ2v) is 4.71. The molecule has 7 heteroatoms. The zero-order chi connectivity index (χ0) is 13.5. The molecule has 0 rings (SSSR count). The van der Waals surface area contributed by atoms with Gasteiger partial charge in [0.2, 0.25) is 5.54 Å². The molecular formula is C10H23N3O4. The van der Waals surface area contributed by atoms with Gasteiger partial charge in [-0.3, -0.25) is 10.1 Å². The van der Waals surface area contributed by atoms with E-state index in [2.05, 4.69) is 10.6 Å². The fraction of sp³-hybridized carbons (Fsp3) is 1.00. The molecule has 0 heterocycles. The zero-order valence-corrected chi connectivity index (χ0v) is 10.6. The van der Waals surface area contributed by atoms with Gasteiger partial charge in [-0.2, -0.15) is 0 Å². The summed E-state index contributed by atoms with van der Waals surface area (Å²) in [6.45, 7) is 5.72. The van der Waals surface area contributed by atoms with E-state index in [1.54, 1.807) is 13.8 Å². The van der Waals surface area contributed by atoms with E-state index in [0.29, 0.717) is 13.1 Å². The first-order valence-electron chi connectivity index (χ1n) is 5.70. The predicted molar refractivity (Wildman–Crippen MR) is 64.5 cm³/mol. The predicted octanol–water partition coefficient (Wildman–Crippen LogP) is -1.04. The monoisotopic (exact) mass is 249 g/mol. The van der Waals surface area contributed by atoms with Crippen LogP contribution in [0.15, 0.2) is 0 Å². The van der Waals surface area contributed by atoms with Crippen LogP contribution in [0.1, 0.15) is 20.8 Å². The molecule has 17 heavy (non-hydrogen) atoms. The maximum atomic E-state index is 11.0. The first-order valence-corrected chi connectivity index (χ1v) is 5.70. The number of nitrogens with zero attached hydrogens (tertiary/aromatic N) is 1. The molecule has 4 N–H and O–H groups in total. The maximum absolute atomic E-state index is 11.0. The molecule has 0 saturated carbocycles. The van der Waals surface area contributed by atoms with Crippen LogP contribution in [0.4, 0.5) is 0 Å². The third-order valence-corrected chi connectivity index (χ3v) is 2.33. The molecule has 0 bridgehead atoms. The largest absolute Gasteiger partial charge is 0.392 e. The lowest BCUT2D eigenvalue weighted by atomic mass is 10.0. The number of nitrogens with one attached hydrogen (secondary N) is 2.